The Labute approximate surface area is 180 Å². The standard InChI is InChI=1S/C24H24N4O3/c29-23(8-6-17-5-7-21-22(15-17)31-16-30-21)26-13-14-28-20-4-2-1-3-19(20)24(27-28)18-9-11-25-12-10-18/h5-12,15H,1-4,13-14,16H2,(H,26,29)/b8-6+. The SMILES string of the molecule is O=C(/C=C/c1ccc2c(c1)OCO2)NCCn1nc(-c2ccncc2)c2c1CCCC2. The Morgan fingerprint density at radius 1 is 1.10 bits per heavy atom. The summed E-state index contributed by atoms with van der Waals surface area (Å²) in [5, 5.41) is 7.84. The van der Waals surface area contributed by atoms with Crippen LogP contribution in [0.4, 0.5) is 0 Å². The van der Waals surface area contributed by atoms with E-state index in [1.54, 1.807) is 24.5 Å². The molecule has 31 heavy (non-hydrogen) atoms. The number of carbonyl (C=O) groups is 1. The number of rotatable bonds is 6. The van der Waals surface area contributed by atoms with Crippen LogP contribution in [0.2, 0.25) is 0 Å². The van der Waals surface area contributed by atoms with E-state index in [0.717, 1.165) is 35.4 Å². The Morgan fingerprint density at radius 2 is 1.94 bits per heavy atom. The predicted molar refractivity (Wildman–Crippen MR) is 117 cm³/mol. The largest absolute Gasteiger partial charge is 0.454 e. The number of aromatic nitrogens is 3. The van der Waals surface area contributed by atoms with Crippen LogP contribution in [0.3, 0.4) is 0 Å². The molecule has 1 aliphatic carbocycles. The van der Waals surface area contributed by atoms with Crippen molar-refractivity contribution < 1.29 is 14.3 Å². The zero-order valence-electron chi connectivity index (χ0n) is 17.2. The van der Waals surface area contributed by atoms with Gasteiger partial charge in [0.25, 0.3) is 0 Å². The first-order valence-corrected chi connectivity index (χ1v) is 10.6. The summed E-state index contributed by atoms with van der Waals surface area (Å²) in [4.78, 5) is 16.4. The lowest BCUT2D eigenvalue weighted by Crippen LogP contribution is -2.26. The van der Waals surface area contributed by atoms with Crippen molar-refractivity contribution in [1.29, 1.82) is 0 Å². The van der Waals surface area contributed by atoms with Gasteiger partial charge in [0, 0.05) is 41.8 Å². The average Bonchev–Trinajstić information content (AvgIpc) is 3.43. The maximum absolute atomic E-state index is 12.3. The van der Waals surface area contributed by atoms with Crippen LogP contribution in [0.25, 0.3) is 17.3 Å². The van der Waals surface area contributed by atoms with Crippen molar-refractivity contribution in [3.63, 3.8) is 0 Å². The smallest absolute Gasteiger partial charge is 0.244 e. The zero-order valence-corrected chi connectivity index (χ0v) is 17.2. The molecule has 3 heterocycles. The molecule has 1 aliphatic heterocycles. The van der Waals surface area contributed by atoms with Crippen molar-refractivity contribution in [3.05, 3.63) is 65.6 Å². The topological polar surface area (TPSA) is 78.3 Å². The van der Waals surface area contributed by atoms with Gasteiger partial charge in [-0.15, -0.1) is 0 Å². The molecule has 0 unspecified atom stereocenters. The molecular formula is C24H24N4O3. The average molecular weight is 416 g/mol. The van der Waals surface area contributed by atoms with Crippen LogP contribution in [0, 0.1) is 0 Å². The number of hydrogen-bond acceptors (Lipinski definition) is 5. The summed E-state index contributed by atoms with van der Waals surface area (Å²) in [6, 6.07) is 9.62. The second-order valence-electron chi connectivity index (χ2n) is 7.68. The second kappa shape index (κ2) is 8.63. The second-order valence-corrected chi connectivity index (χ2v) is 7.68. The molecule has 5 rings (SSSR count). The van der Waals surface area contributed by atoms with Gasteiger partial charge < -0.3 is 14.8 Å². The number of pyridine rings is 1. The van der Waals surface area contributed by atoms with Gasteiger partial charge in [0.1, 0.15) is 0 Å². The maximum atomic E-state index is 12.3. The number of hydrogen-bond donors (Lipinski definition) is 1. The number of nitrogens with zero attached hydrogens (tertiary/aromatic N) is 3. The van der Waals surface area contributed by atoms with E-state index < -0.39 is 0 Å². The molecule has 0 atom stereocenters. The lowest BCUT2D eigenvalue weighted by Gasteiger charge is -2.14. The summed E-state index contributed by atoms with van der Waals surface area (Å²) in [5.41, 5.74) is 5.67. The molecule has 3 aromatic rings. The molecule has 7 nitrogen and oxygen atoms in total. The molecule has 0 saturated heterocycles. The van der Waals surface area contributed by atoms with Crippen LogP contribution in [0.15, 0.2) is 48.8 Å². The third kappa shape index (κ3) is 4.17. The van der Waals surface area contributed by atoms with Crippen molar-refractivity contribution in [2.75, 3.05) is 13.3 Å². The van der Waals surface area contributed by atoms with Crippen LogP contribution in [0.1, 0.15) is 29.7 Å². The lowest BCUT2D eigenvalue weighted by molar-refractivity contribution is -0.116. The Morgan fingerprint density at radius 3 is 2.84 bits per heavy atom. The number of fused-ring (bicyclic) bond motifs is 2. The quantitative estimate of drug-likeness (QED) is 0.624. The van der Waals surface area contributed by atoms with E-state index in [2.05, 4.69) is 15.0 Å². The highest BCUT2D eigenvalue weighted by Gasteiger charge is 2.21. The molecule has 158 valence electrons. The molecule has 0 saturated carbocycles. The van der Waals surface area contributed by atoms with E-state index >= 15 is 0 Å². The Kier molecular flexibility index (Phi) is 5.39. The van der Waals surface area contributed by atoms with Crippen molar-refractivity contribution >= 4 is 12.0 Å². The number of amides is 1. The third-order valence-corrected chi connectivity index (χ3v) is 5.66. The van der Waals surface area contributed by atoms with Gasteiger partial charge in [0.2, 0.25) is 12.7 Å². The van der Waals surface area contributed by atoms with Gasteiger partial charge in [0.05, 0.1) is 12.2 Å². The van der Waals surface area contributed by atoms with E-state index in [0.29, 0.717) is 18.8 Å². The minimum Gasteiger partial charge on any atom is -0.454 e. The van der Waals surface area contributed by atoms with Gasteiger partial charge in [-0.2, -0.15) is 5.10 Å². The van der Waals surface area contributed by atoms with Crippen LogP contribution >= 0.6 is 0 Å². The zero-order chi connectivity index (χ0) is 21.0. The van der Waals surface area contributed by atoms with Crippen molar-refractivity contribution in [3.8, 4) is 22.8 Å². The monoisotopic (exact) mass is 416 g/mol. The summed E-state index contributed by atoms with van der Waals surface area (Å²) < 4.78 is 12.7. The number of ether oxygens (including phenoxy) is 2. The van der Waals surface area contributed by atoms with Gasteiger partial charge in [-0.3, -0.25) is 14.5 Å². The lowest BCUT2D eigenvalue weighted by atomic mass is 9.94. The molecule has 0 radical (unpaired) electrons. The molecule has 2 aromatic heterocycles. The number of carbonyl (C=O) groups excluding carboxylic acids is 1. The molecule has 1 N–H and O–H groups in total. The highest BCUT2D eigenvalue weighted by molar-refractivity contribution is 5.91. The third-order valence-electron chi connectivity index (χ3n) is 5.66. The molecule has 7 heteroatoms. The van der Waals surface area contributed by atoms with E-state index in [9.17, 15) is 4.79 Å². The fraction of sp³-hybridized carbons (Fsp3) is 0.292. The first-order valence-electron chi connectivity index (χ1n) is 10.6. The Balaban J connectivity index is 1.22. The summed E-state index contributed by atoms with van der Waals surface area (Å²) in [6.07, 6.45) is 11.4. The van der Waals surface area contributed by atoms with E-state index in [1.807, 2.05) is 30.3 Å². The Bertz CT molecular complexity index is 1120. The molecule has 1 aromatic carbocycles. The van der Waals surface area contributed by atoms with Crippen LogP contribution < -0.4 is 14.8 Å². The molecule has 1 amide bonds. The number of nitrogens with one attached hydrogen (secondary N) is 1. The molecule has 0 bridgehead atoms. The van der Waals surface area contributed by atoms with Gasteiger partial charge in [-0.25, -0.2) is 0 Å². The van der Waals surface area contributed by atoms with E-state index in [-0.39, 0.29) is 12.7 Å². The van der Waals surface area contributed by atoms with Gasteiger partial charge in [-0.05, 0) is 61.6 Å². The van der Waals surface area contributed by atoms with Crippen molar-refractivity contribution in [1.82, 2.24) is 20.1 Å². The molecule has 0 spiro atoms. The summed E-state index contributed by atoms with van der Waals surface area (Å²) in [5.74, 6) is 1.30. The van der Waals surface area contributed by atoms with E-state index in [1.165, 1.54) is 24.1 Å². The molecule has 2 aliphatic rings. The van der Waals surface area contributed by atoms with Crippen molar-refractivity contribution in [2.24, 2.45) is 0 Å². The normalized spacial score (nSPS) is 14.6. The fourth-order valence-corrected chi connectivity index (χ4v) is 4.13. The Hall–Kier alpha value is -3.61. The molecule has 0 fully saturated rings. The van der Waals surface area contributed by atoms with Gasteiger partial charge in [0.15, 0.2) is 11.5 Å². The minimum atomic E-state index is -0.131. The highest BCUT2D eigenvalue weighted by Crippen LogP contribution is 2.33. The van der Waals surface area contributed by atoms with Crippen LogP contribution in [-0.2, 0) is 24.2 Å². The van der Waals surface area contributed by atoms with Gasteiger partial charge >= 0.3 is 0 Å². The first kappa shape index (κ1) is 19.4. The van der Waals surface area contributed by atoms with Crippen molar-refractivity contribution in [2.45, 2.75) is 32.2 Å². The summed E-state index contributed by atoms with van der Waals surface area (Å²) in [6.45, 7) is 1.41. The van der Waals surface area contributed by atoms with E-state index in [4.69, 9.17) is 14.6 Å². The number of benzene rings is 1. The predicted octanol–water partition coefficient (Wildman–Crippen LogP) is 3.38. The molecular weight excluding hydrogens is 392 g/mol. The fourth-order valence-electron chi connectivity index (χ4n) is 4.13. The maximum Gasteiger partial charge on any atom is 0.244 e. The van der Waals surface area contributed by atoms with Crippen LogP contribution in [0.5, 0.6) is 11.5 Å². The van der Waals surface area contributed by atoms with Gasteiger partial charge in [-0.1, -0.05) is 6.07 Å². The summed E-state index contributed by atoms with van der Waals surface area (Å²) in [7, 11) is 0. The minimum absolute atomic E-state index is 0.131. The van der Waals surface area contributed by atoms with Crippen LogP contribution in [-0.4, -0.2) is 34.0 Å². The first-order chi connectivity index (χ1) is 15.3. The summed E-state index contributed by atoms with van der Waals surface area (Å²) >= 11 is 0. The highest BCUT2D eigenvalue weighted by atomic mass is 16.7.